The fourth-order valence-corrected chi connectivity index (χ4v) is 5.08. The van der Waals surface area contributed by atoms with Crippen molar-refractivity contribution in [1.82, 2.24) is 10.2 Å². The lowest BCUT2D eigenvalue weighted by Gasteiger charge is -2.42. The summed E-state index contributed by atoms with van der Waals surface area (Å²) < 4.78 is 0. The second kappa shape index (κ2) is 8.70. The number of hydrogen-bond donors (Lipinski definition) is 1. The molecule has 5 heteroatoms. The zero-order valence-electron chi connectivity index (χ0n) is 17.2. The molecule has 2 aromatic rings. The molecule has 1 aromatic carbocycles. The monoisotopic (exact) mass is 410 g/mol. The Bertz CT molecular complexity index is 860. The van der Waals surface area contributed by atoms with Crippen molar-refractivity contribution in [2.24, 2.45) is 5.41 Å². The van der Waals surface area contributed by atoms with Gasteiger partial charge < -0.3 is 10.2 Å². The number of nitrogens with zero attached hydrogens (tertiary/aromatic N) is 1. The van der Waals surface area contributed by atoms with Gasteiger partial charge in [-0.3, -0.25) is 9.59 Å². The van der Waals surface area contributed by atoms with Crippen LogP contribution < -0.4 is 5.32 Å². The van der Waals surface area contributed by atoms with Crippen LogP contribution in [0.2, 0.25) is 0 Å². The number of carbonyl (C=O) groups is 2. The van der Waals surface area contributed by atoms with Crippen molar-refractivity contribution in [2.75, 3.05) is 13.1 Å². The van der Waals surface area contributed by atoms with Crippen molar-refractivity contribution in [3.05, 3.63) is 47.3 Å². The van der Waals surface area contributed by atoms with Gasteiger partial charge in [0.15, 0.2) is 0 Å². The summed E-state index contributed by atoms with van der Waals surface area (Å²) in [5, 5.41) is 5.33. The molecule has 1 aliphatic carbocycles. The third-order valence-corrected chi connectivity index (χ3v) is 6.98. The summed E-state index contributed by atoms with van der Waals surface area (Å²) in [5.41, 5.74) is 1.84. The largest absolute Gasteiger partial charge is 0.353 e. The van der Waals surface area contributed by atoms with E-state index < -0.39 is 5.41 Å². The number of benzene rings is 1. The molecular formula is C24H30N2O2S. The van der Waals surface area contributed by atoms with E-state index in [1.807, 2.05) is 11.8 Å². The summed E-state index contributed by atoms with van der Waals surface area (Å²) in [7, 11) is 0. The highest BCUT2D eigenvalue weighted by Crippen LogP contribution is 2.37. The third kappa shape index (κ3) is 4.72. The van der Waals surface area contributed by atoms with E-state index in [4.69, 9.17) is 0 Å². The minimum absolute atomic E-state index is 0.135. The molecule has 1 unspecified atom stereocenters. The molecule has 2 aliphatic rings. The molecule has 1 atom stereocenters. The molecular weight excluding hydrogens is 380 g/mol. The molecule has 1 aromatic heterocycles. The van der Waals surface area contributed by atoms with Crippen LogP contribution in [0.1, 0.15) is 51.0 Å². The Kier molecular flexibility index (Phi) is 6.04. The molecule has 4 rings (SSSR count). The molecule has 1 saturated carbocycles. The highest BCUT2D eigenvalue weighted by Gasteiger charge is 2.44. The molecule has 4 nitrogen and oxygen atoms in total. The number of nitrogens with one attached hydrogen (secondary N) is 1. The van der Waals surface area contributed by atoms with Crippen LogP contribution in [0.25, 0.3) is 10.4 Å². The Morgan fingerprint density at radius 2 is 2.10 bits per heavy atom. The van der Waals surface area contributed by atoms with E-state index in [-0.39, 0.29) is 11.8 Å². The lowest BCUT2D eigenvalue weighted by molar-refractivity contribution is -0.141. The first kappa shape index (κ1) is 20.1. The number of carbonyl (C=O) groups excluding carboxylic acids is 2. The number of thiophene rings is 1. The lowest BCUT2D eigenvalue weighted by Crippen LogP contribution is -2.54. The Balaban J connectivity index is 1.59. The molecule has 2 fully saturated rings. The van der Waals surface area contributed by atoms with Crippen LogP contribution in [-0.4, -0.2) is 35.8 Å². The van der Waals surface area contributed by atoms with Crippen molar-refractivity contribution in [1.29, 1.82) is 0 Å². The van der Waals surface area contributed by atoms with Crippen LogP contribution in [0.4, 0.5) is 0 Å². The molecule has 1 aliphatic heterocycles. The van der Waals surface area contributed by atoms with E-state index in [9.17, 15) is 9.59 Å². The normalized spacial score (nSPS) is 21.8. The highest BCUT2D eigenvalue weighted by molar-refractivity contribution is 7.13. The van der Waals surface area contributed by atoms with Gasteiger partial charge >= 0.3 is 0 Å². The Morgan fingerprint density at radius 1 is 1.24 bits per heavy atom. The third-order valence-electron chi connectivity index (χ3n) is 6.06. The SMILES string of the molecule is CCCC(=O)N1CCCC(Cc2cccc(-c3cccs3)c2)(C(=O)NC2CC2)C1. The molecule has 0 radical (unpaired) electrons. The number of rotatable bonds is 7. The molecule has 0 bridgehead atoms. The fourth-order valence-electron chi connectivity index (χ4n) is 4.36. The summed E-state index contributed by atoms with van der Waals surface area (Å²) >= 11 is 1.73. The first-order valence-corrected chi connectivity index (χ1v) is 11.7. The summed E-state index contributed by atoms with van der Waals surface area (Å²) in [4.78, 5) is 29.1. The van der Waals surface area contributed by atoms with Crippen LogP contribution >= 0.6 is 11.3 Å². The average molecular weight is 411 g/mol. The van der Waals surface area contributed by atoms with E-state index in [0.717, 1.165) is 38.6 Å². The minimum atomic E-state index is -0.529. The van der Waals surface area contributed by atoms with Crippen molar-refractivity contribution >= 4 is 23.2 Å². The number of piperidine rings is 1. The molecule has 2 heterocycles. The van der Waals surface area contributed by atoms with E-state index in [1.54, 1.807) is 11.3 Å². The van der Waals surface area contributed by atoms with Crippen LogP contribution in [-0.2, 0) is 16.0 Å². The van der Waals surface area contributed by atoms with Crippen molar-refractivity contribution in [3.8, 4) is 10.4 Å². The van der Waals surface area contributed by atoms with Crippen LogP contribution in [0.3, 0.4) is 0 Å². The predicted molar refractivity (Wildman–Crippen MR) is 118 cm³/mol. The van der Waals surface area contributed by atoms with Gasteiger partial charge in [0.05, 0.1) is 5.41 Å². The summed E-state index contributed by atoms with van der Waals surface area (Å²) in [5.74, 6) is 0.318. The summed E-state index contributed by atoms with van der Waals surface area (Å²) in [6.07, 6.45) is 5.97. The van der Waals surface area contributed by atoms with Crippen molar-refractivity contribution in [2.45, 2.75) is 57.9 Å². The van der Waals surface area contributed by atoms with E-state index in [2.05, 4.69) is 47.1 Å². The van der Waals surface area contributed by atoms with E-state index in [0.29, 0.717) is 25.4 Å². The van der Waals surface area contributed by atoms with Crippen LogP contribution in [0.5, 0.6) is 0 Å². The zero-order valence-corrected chi connectivity index (χ0v) is 18.0. The smallest absolute Gasteiger partial charge is 0.228 e. The van der Waals surface area contributed by atoms with Gasteiger partial charge in [-0.2, -0.15) is 0 Å². The zero-order chi connectivity index (χ0) is 20.3. The molecule has 0 spiro atoms. The number of likely N-dealkylation sites (tertiary alicyclic amines) is 1. The van der Waals surface area contributed by atoms with E-state index in [1.165, 1.54) is 16.0 Å². The van der Waals surface area contributed by atoms with Gasteiger partial charge in [0.2, 0.25) is 11.8 Å². The molecule has 1 N–H and O–H groups in total. The molecule has 1 saturated heterocycles. The summed E-state index contributed by atoms with van der Waals surface area (Å²) in [6, 6.07) is 13.1. The standard InChI is InChI=1S/C24H30N2O2S/c1-2-6-22(27)26-13-5-12-24(17-26,23(28)25-20-10-11-20)16-18-7-3-8-19(15-18)21-9-4-14-29-21/h3-4,7-9,14-15,20H,2,5-6,10-13,16-17H2,1H3,(H,25,28). The Hall–Kier alpha value is -2.14. The molecule has 29 heavy (non-hydrogen) atoms. The van der Waals surface area contributed by atoms with Gasteiger partial charge in [0.25, 0.3) is 0 Å². The van der Waals surface area contributed by atoms with Gasteiger partial charge in [-0.05, 0) is 61.1 Å². The first-order valence-electron chi connectivity index (χ1n) is 10.8. The predicted octanol–water partition coefficient (Wildman–Crippen LogP) is 4.65. The maximum Gasteiger partial charge on any atom is 0.228 e. The first-order chi connectivity index (χ1) is 14.1. The van der Waals surface area contributed by atoms with Crippen LogP contribution in [0.15, 0.2) is 41.8 Å². The highest BCUT2D eigenvalue weighted by atomic mass is 32.1. The fraction of sp³-hybridized carbons (Fsp3) is 0.500. The van der Waals surface area contributed by atoms with Gasteiger partial charge in [-0.1, -0.05) is 37.3 Å². The lowest BCUT2D eigenvalue weighted by atomic mass is 9.74. The van der Waals surface area contributed by atoms with E-state index >= 15 is 0 Å². The Morgan fingerprint density at radius 3 is 2.83 bits per heavy atom. The van der Waals surface area contributed by atoms with Gasteiger partial charge in [-0.15, -0.1) is 11.3 Å². The molecule has 154 valence electrons. The van der Waals surface area contributed by atoms with Crippen molar-refractivity contribution < 1.29 is 9.59 Å². The second-order valence-corrected chi connectivity index (χ2v) is 9.50. The maximum atomic E-state index is 13.4. The van der Waals surface area contributed by atoms with Crippen LogP contribution in [0, 0.1) is 5.41 Å². The maximum absolute atomic E-state index is 13.4. The summed E-state index contributed by atoms with van der Waals surface area (Å²) in [6.45, 7) is 3.34. The quantitative estimate of drug-likeness (QED) is 0.723. The Labute approximate surface area is 177 Å². The number of hydrogen-bond acceptors (Lipinski definition) is 3. The molecule has 2 amide bonds. The van der Waals surface area contributed by atoms with Crippen molar-refractivity contribution in [3.63, 3.8) is 0 Å². The number of amides is 2. The second-order valence-electron chi connectivity index (χ2n) is 8.55. The minimum Gasteiger partial charge on any atom is -0.353 e. The average Bonchev–Trinajstić information content (AvgIpc) is 3.37. The van der Waals surface area contributed by atoms with Gasteiger partial charge in [0.1, 0.15) is 0 Å². The van der Waals surface area contributed by atoms with Gasteiger partial charge in [0, 0.05) is 30.4 Å². The van der Waals surface area contributed by atoms with Gasteiger partial charge in [-0.25, -0.2) is 0 Å². The topological polar surface area (TPSA) is 49.4 Å².